The van der Waals surface area contributed by atoms with Gasteiger partial charge in [0.05, 0.1) is 24.3 Å². The van der Waals surface area contributed by atoms with Crippen LogP contribution in [0.25, 0.3) is 0 Å². The van der Waals surface area contributed by atoms with Crippen LogP contribution in [0.2, 0.25) is 0 Å². The van der Waals surface area contributed by atoms with Gasteiger partial charge in [-0.05, 0) is 25.7 Å². The van der Waals surface area contributed by atoms with E-state index in [1.165, 1.54) is 0 Å². The Bertz CT molecular complexity index is 645. The van der Waals surface area contributed by atoms with Gasteiger partial charge in [0, 0.05) is 6.54 Å². The van der Waals surface area contributed by atoms with Crippen molar-refractivity contribution >= 4 is 23.7 Å². The Hall–Kier alpha value is -2.43. The van der Waals surface area contributed by atoms with E-state index in [1.807, 2.05) is 6.07 Å². The molecule has 0 unspecified atom stereocenters. The molecule has 0 aromatic rings. The number of nitriles is 1. The van der Waals surface area contributed by atoms with Crippen LogP contribution in [0.3, 0.4) is 0 Å². The summed E-state index contributed by atoms with van der Waals surface area (Å²) in [5, 5.41) is 11.7. The maximum Gasteiger partial charge on any atom is 0.308 e. The Balaban J connectivity index is 1.78. The number of hydrogen-bond donors (Lipinski definition) is 1. The van der Waals surface area contributed by atoms with Crippen LogP contribution in [0.4, 0.5) is 0 Å². The molecule has 1 aliphatic carbocycles. The van der Waals surface area contributed by atoms with Crippen LogP contribution in [-0.4, -0.2) is 47.3 Å². The first-order valence-electron chi connectivity index (χ1n) is 9.42. The topological polar surface area (TPSA) is 117 Å². The first-order valence-corrected chi connectivity index (χ1v) is 9.42. The molecule has 3 atom stereocenters. The normalized spacial score (nSPS) is 24.2. The molecule has 1 saturated carbocycles. The number of imide groups is 1. The SMILES string of the molecule is CC(C)[C@](C)(C#N)NC(=O)COC(=O)CCN1C(=O)[C@H]2CCCC[C@H]2C1=O. The van der Waals surface area contributed by atoms with Gasteiger partial charge in [-0.15, -0.1) is 0 Å². The quantitative estimate of drug-likeness (QED) is 0.525. The van der Waals surface area contributed by atoms with Gasteiger partial charge < -0.3 is 10.1 Å². The highest BCUT2D eigenvalue weighted by atomic mass is 16.5. The van der Waals surface area contributed by atoms with Gasteiger partial charge in [-0.3, -0.25) is 24.1 Å². The fraction of sp³-hybridized carbons (Fsp3) is 0.737. The summed E-state index contributed by atoms with van der Waals surface area (Å²) < 4.78 is 4.91. The Morgan fingerprint density at radius 3 is 2.30 bits per heavy atom. The molecule has 1 heterocycles. The molecular weight excluding hydrogens is 350 g/mol. The lowest BCUT2D eigenvalue weighted by atomic mass is 9.81. The molecule has 148 valence electrons. The standard InChI is InChI=1S/C19H27N3O5/c1-12(2)19(3,11-20)21-15(23)10-27-16(24)8-9-22-17(25)13-6-4-5-7-14(13)18(22)26/h12-14H,4-10H2,1-3H3,(H,21,23)/t13-,14+,19-/m0/s1. The zero-order valence-corrected chi connectivity index (χ0v) is 16.1. The highest BCUT2D eigenvalue weighted by Crippen LogP contribution is 2.37. The molecule has 1 saturated heterocycles. The fourth-order valence-corrected chi connectivity index (χ4v) is 3.50. The van der Waals surface area contributed by atoms with Gasteiger partial charge in [-0.25, -0.2) is 0 Å². The first kappa shape index (κ1) is 20.9. The molecule has 0 aromatic carbocycles. The molecule has 27 heavy (non-hydrogen) atoms. The minimum Gasteiger partial charge on any atom is -0.456 e. The van der Waals surface area contributed by atoms with Gasteiger partial charge in [0.15, 0.2) is 6.61 Å². The van der Waals surface area contributed by atoms with E-state index < -0.39 is 24.0 Å². The van der Waals surface area contributed by atoms with Crippen molar-refractivity contribution in [2.75, 3.05) is 13.2 Å². The number of amides is 3. The number of nitrogens with one attached hydrogen (secondary N) is 1. The molecule has 8 nitrogen and oxygen atoms in total. The molecule has 0 bridgehead atoms. The van der Waals surface area contributed by atoms with Gasteiger partial charge in [0.1, 0.15) is 5.54 Å². The molecule has 2 aliphatic rings. The Labute approximate surface area is 159 Å². The Morgan fingerprint density at radius 1 is 1.26 bits per heavy atom. The van der Waals surface area contributed by atoms with E-state index in [4.69, 9.17) is 4.74 Å². The lowest BCUT2D eigenvalue weighted by Crippen LogP contribution is -2.50. The third kappa shape index (κ3) is 4.65. The molecule has 0 spiro atoms. The summed E-state index contributed by atoms with van der Waals surface area (Å²) in [6.45, 7) is 4.68. The summed E-state index contributed by atoms with van der Waals surface area (Å²) >= 11 is 0. The fourth-order valence-electron chi connectivity index (χ4n) is 3.50. The van der Waals surface area contributed by atoms with Gasteiger partial charge >= 0.3 is 5.97 Å². The molecular formula is C19H27N3O5. The Kier molecular flexibility index (Phi) is 6.58. The Morgan fingerprint density at radius 2 is 1.81 bits per heavy atom. The van der Waals surface area contributed by atoms with E-state index in [-0.39, 0.29) is 42.5 Å². The van der Waals surface area contributed by atoms with Crippen molar-refractivity contribution < 1.29 is 23.9 Å². The third-order valence-corrected chi connectivity index (χ3v) is 5.62. The summed E-state index contributed by atoms with van der Waals surface area (Å²) in [5.41, 5.74) is -1.05. The molecule has 2 rings (SSSR count). The van der Waals surface area contributed by atoms with Crippen molar-refractivity contribution in [3.8, 4) is 6.07 Å². The number of carbonyl (C=O) groups is 4. The number of ether oxygens (including phenoxy) is 1. The van der Waals surface area contributed by atoms with Crippen LogP contribution in [0.15, 0.2) is 0 Å². The molecule has 1 aliphatic heterocycles. The summed E-state index contributed by atoms with van der Waals surface area (Å²) in [5.74, 6) is -2.23. The predicted octanol–water partition coefficient (Wildman–Crippen LogP) is 1.15. The van der Waals surface area contributed by atoms with Gasteiger partial charge in [-0.2, -0.15) is 5.26 Å². The first-order chi connectivity index (χ1) is 12.7. The second-order valence-corrected chi connectivity index (χ2v) is 7.75. The zero-order valence-electron chi connectivity index (χ0n) is 16.1. The molecule has 3 amide bonds. The maximum atomic E-state index is 12.3. The third-order valence-electron chi connectivity index (χ3n) is 5.62. The van der Waals surface area contributed by atoms with Gasteiger partial charge in [-0.1, -0.05) is 26.7 Å². The summed E-state index contributed by atoms with van der Waals surface area (Å²) in [6.07, 6.45) is 3.20. The van der Waals surface area contributed by atoms with Crippen LogP contribution in [-0.2, 0) is 23.9 Å². The van der Waals surface area contributed by atoms with Crippen LogP contribution in [0.5, 0.6) is 0 Å². The van der Waals surface area contributed by atoms with E-state index in [0.29, 0.717) is 0 Å². The molecule has 8 heteroatoms. The van der Waals surface area contributed by atoms with Crippen molar-refractivity contribution in [1.29, 1.82) is 5.26 Å². The van der Waals surface area contributed by atoms with E-state index in [2.05, 4.69) is 5.32 Å². The summed E-state index contributed by atoms with van der Waals surface area (Å²) in [7, 11) is 0. The lowest BCUT2D eigenvalue weighted by molar-refractivity contribution is -0.150. The van der Waals surface area contributed by atoms with E-state index >= 15 is 0 Å². The van der Waals surface area contributed by atoms with Crippen molar-refractivity contribution in [3.63, 3.8) is 0 Å². The lowest BCUT2D eigenvalue weighted by Gasteiger charge is -2.27. The van der Waals surface area contributed by atoms with Crippen molar-refractivity contribution in [1.82, 2.24) is 10.2 Å². The second kappa shape index (κ2) is 8.51. The van der Waals surface area contributed by atoms with Gasteiger partial charge in [0.2, 0.25) is 11.8 Å². The summed E-state index contributed by atoms with van der Waals surface area (Å²) in [4.78, 5) is 49.6. The van der Waals surface area contributed by atoms with E-state index in [0.717, 1.165) is 30.6 Å². The monoisotopic (exact) mass is 377 g/mol. The number of hydrogen-bond acceptors (Lipinski definition) is 6. The predicted molar refractivity (Wildman–Crippen MR) is 94.7 cm³/mol. The minimum absolute atomic E-state index is 0.0208. The number of rotatable bonds is 7. The largest absolute Gasteiger partial charge is 0.456 e. The van der Waals surface area contributed by atoms with Crippen molar-refractivity contribution in [2.45, 2.75) is 58.4 Å². The number of fused-ring (bicyclic) bond motifs is 1. The van der Waals surface area contributed by atoms with Crippen molar-refractivity contribution in [3.05, 3.63) is 0 Å². The van der Waals surface area contributed by atoms with Crippen LogP contribution in [0.1, 0.15) is 52.9 Å². The van der Waals surface area contributed by atoms with Crippen LogP contribution < -0.4 is 5.32 Å². The molecule has 0 radical (unpaired) electrons. The second-order valence-electron chi connectivity index (χ2n) is 7.75. The smallest absolute Gasteiger partial charge is 0.308 e. The van der Waals surface area contributed by atoms with E-state index in [9.17, 15) is 24.4 Å². The van der Waals surface area contributed by atoms with Crippen LogP contribution >= 0.6 is 0 Å². The maximum absolute atomic E-state index is 12.3. The van der Waals surface area contributed by atoms with Gasteiger partial charge in [0.25, 0.3) is 5.91 Å². The van der Waals surface area contributed by atoms with Crippen molar-refractivity contribution in [2.24, 2.45) is 17.8 Å². The zero-order chi connectivity index (χ0) is 20.2. The average Bonchev–Trinajstić information content (AvgIpc) is 2.89. The average molecular weight is 377 g/mol. The minimum atomic E-state index is -1.05. The van der Waals surface area contributed by atoms with Crippen LogP contribution in [0, 0.1) is 29.1 Å². The number of nitrogens with zero attached hydrogens (tertiary/aromatic N) is 2. The van der Waals surface area contributed by atoms with E-state index in [1.54, 1.807) is 20.8 Å². The summed E-state index contributed by atoms with van der Waals surface area (Å²) in [6, 6.07) is 2.04. The molecule has 2 fully saturated rings. The highest BCUT2D eigenvalue weighted by molar-refractivity contribution is 6.05. The number of carbonyl (C=O) groups excluding carboxylic acids is 4. The highest BCUT2D eigenvalue weighted by Gasteiger charge is 2.47. The molecule has 0 aromatic heterocycles. The number of likely N-dealkylation sites (tertiary alicyclic amines) is 1. The number of esters is 1. The molecule has 1 N–H and O–H groups in total.